The van der Waals surface area contributed by atoms with Gasteiger partial charge in [-0.1, -0.05) is 18.6 Å². The standard InChI is InChI=1S/C26H33FN4O/c27-23-16-21(31-14-6-1-7-15-31)11-10-20(23)17-30-18-22(24-8-3-5-13-28-24)26(19-30)12-4-2-9-25(32)29-26/h3,5,8,10-11,13,16,22H,1-2,4,6-7,9,12,14-15,17-19H2,(H,29,32)/t22-,26+/m0/s1. The zero-order valence-corrected chi connectivity index (χ0v) is 18.7. The molecule has 170 valence electrons. The zero-order chi connectivity index (χ0) is 22.0. The minimum Gasteiger partial charge on any atom is -0.371 e. The molecule has 3 saturated heterocycles. The Balaban J connectivity index is 1.37. The molecule has 0 unspecified atom stereocenters. The first-order chi connectivity index (χ1) is 15.6. The highest BCUT2D eigenvalue weighted by Crippen LogP contribution is 2.41. The molecule has 3 aliphatic rings. The summed E-state index contributed by atoms with van der Waals surface area (Å²) >= 11 is 0. The number of rotatable bonds is 4. The van der Waals surface area contributed by atoms with E-state index in [9.17, 15) is 4.79 Å². The summed E-state index contributed by atoms with van der Waals surface area (Å²) in [5.74, 6) is 0.108. The van der Waals surface area contributed by atoms with E-state index >= 15 is 4.39 Å². The largest absolute Gasteiger partial charge is 0.371 e. The predicted molar refractivity (Wildman–Crippen MR) is 124 cm³/mol. The Kier molecular flexibility index (Phi) is 6.13. The number of halogens is 1. The fourth-order valence-electron chi connectivity index (χ4n) is 5.85. The van der Waals surface area contributed by atoms with Crippen molar-refractivity contribution in [3.05, 3.63) is 59.7 Å². The quantitative estimate of drug-likeness (QED) is 0.779. The van der Waals surface area contributed by atoms with Crippen LogP contribution in [-0.2, 0) is 11.3 Å². The molecule has 1 aromatic heterocycles. The molecule has 0 aliphatic carbocycles. The average Bonchev–Trinajstić information content (AvgIpc) is 3.05. The van der Waals surface area contributed by atoms with Gasteiger partial charge in [-0.15, -0.1) is 0 Å². The number of nitrogens with zero attached hydrogens (tertiary/aromatic N) is 3. The van der Waals surface area contributed by atoms with E-state index in [0.29, 0.717) is 13.0 Å². The molecule has 2 aromatic rings. The van der Waals surface area contributed by atoms with Crippen molar-refractivity contribution < 1.29 is 9.18 Å². The number of amides is 1. The van der Waals surface area contributed by atoms with Crippen LogP contribution in [0.5, 0.6) is 0 Å². The van der Waals surface area contributed by atoms with Crippen molar-refractivity contribution >= 4 is 11.6 Å². The minimum absolute atomic E-state index is 0.112. The SMILES string of the molecule is O=C1CCCC[C@]2(CN(Cc3ccc(N4CCCCC4)cc3F)C[C@H]2c2ccccn2)N1. The van der Waals surface area contributed by atoms with E-state index in [1.165, 1.54) is 19.3 Å². The van der Waals surface area contributed by atoms with Gasteiger partial charge in [-0.25, -0.2) is 4.39 Å². The van der Waals surface area contributed by atoms with Crippen molar-refractivity contribution in [2.75, 3.05) is 31.1 Å². The van der Waals surface area contributed by atoms with Gasteiger partial charge in [0.2, 0.25) is 5.91 Å². The molecular weight excluding hydrogens is 403 g/mol. The fraction of sp³-hybridized carbons (Fsp3) is 0.538. The summed E-state index contributed by atoms with van der Waals surface area (Å²) in [4.78, 5) is 21.7. The van der Waals surface area contributed by atoms with Crippen molar-refractivity contribution in [1.29, 1.82) is 0 Å². The summed E-state index contributed by atoms with van der Waals surface area (Å²) in [6.45, 7) is 4.07. The average molecular weight is 437 g/mol. The Hall–Kier alpha value is -2.47. The second-order valence-corrected chi connectivity index (χ2v) is 9.71. The van der Waals surface area contributed by atoms with E-state index in [1.54, 1.807) is 6.07 Å². The third-order valence-corrected chi connectivity index (χ3v) is 7.48. The Morgan fingerprint density at radius 3 is 2.75 bits per heavy atom. The maximum absolute atomic E-state index is 15.1. The lowest BCUT2D eigenvalue weighted by atomic mass is 9.81. The van der Waals surface area contributed by atoms with Gasteiger partial charge in [-0.05, 0) is 56.4 Å². The maximum atomic E-state index is 15.1. The molecule has 32 heavy (non-hydrogen) atoms. The van der Waals surface area contributed by atoms with Gasteiger partial charge in [0.25, 0.3) is 0 Å². The molecule has 3 fully saturated rings. The second kappa shape index (κ2) is 9.18. The zero-order valence-electron chi connectivity index (χ0n) is 18.7. The predicted octanol–water partition coefficient (Wildman–Crippen LogP) is 4.24. The Morgan fingerprint density at radius 1 is 1.09 bits per heavy atom. The molecule has 5 nitrogen and oxygen atoms in total. The minimum atomic E-state index is -0.327. The van der Waals surface area contributed by atoms with Crippen LogP contribution in [0.3, 0.4) is 0 Å². The topological polar surface area (TPSA) is 48.5 Å². The Labute approximate surface area is 190 Å². The lowest BCUT2D eigenvalue weighted by Crippen LogP contribution is -2.52. The first kappa shape index (κ1) is 21.4. The number of benzene rings is 1. The summed E-state index contributed by atoms with van der Waals surface area (Å²) in [5.41, 5.74) is 2.40. The van der Waals surface area contributed by atoms with Gasteiger partial charge >= 0.3 is 0 Å². The summed E-state index contributed by atoms with van der Waals surface area (Å²) in [5, 5.41) is 3.36. The third kappa shape index (κ3) is 4.38. The van der Waals surface area contributed by atoms with E-state index in [0.717, 1.165) is 62.4 Å². The van der Waals surface area contributed by atoms with E-state index < -0.39 is 0 Å². The molecule has 6 heteroatoms. The number of piperidine rings is 1. The smallest absolute Gasteiger partial charge is 0.220 e. The highest BCUT2D eigenvalue weighted by atomic mass is 19.1. The van der Waals surface area contributed by atoms with Crippen LogP contribution in [0.15, 0.2) is 42.6 Å². The number of hydrogen-bond acceptors (Lipinski definition) is 4. The summed E-state index contributed by atoms with van der Waals surface area (Å²) in [6, 6.07) is 11.7. The number of aromatic nitrogens is 1. The first-order valence-corrected chi connectivity index (χ1v) is 12.1. The molecule has 1 N–H and O–H groups in total. The molecular formula is C26H33FN4O. The second-order valence-electron chi connectivity index (χ2n) is 9.71. The van der Waals surface area contributed by atoms with E-state index in [-0.39, 0.29) is 23.2 Å². The number of carbonyl (C=O) groups excluding carboxylic acids is 1. The lowest BCUT2D eigenvalue weighted by Gasteiger charge is -2.34. The van der Waals surface area contributed by atoms with Crippen molar-refractivity contribution in [3.8, 4) is 0 Å². The number of likely N-dealkylation sites (tertiary alicyclic amines) is 1. The normalized spacial score (nSPS) is 26.8. The summed E-state index contributed by atoms with van der Waals surface area (Å²) in [6.07, 6.45) is 8.92. The molecule has 5 rings (SSSR count). The van der Waals surface area contributed by atoms with Crippen molar-refractivity contribution in [1.82, 2.24) is 15.2 Å². The van der Waals surface area contributed by atoms with Gasteiger partial charge in [0.1, 0.15) is 5.82 Å². The van der Waals surface area contributed by atoms with E-state index in [2.05, 4.69) is 32.2 Å². The van der Waals surface area contributed by atoms with Crippen molar-refractivity contribution in [2.45, 2.75) is 62.9 Å². The van der Waals surface area contributed by atoms with Crippen LogP contribution in [0.4, 0.5) is 10.1 Å². The van der Waals surface area contributed by atoms with Crippen LogP contribution in [0.25, 0.3) is 0 Å². The van der Waals surface area contributed by atoms with Gasteiger partial charge in [-0.3, -0.25) is 14.7 Å². The first-order valence-electron chi connectivity index (χ1n) is 12.1. The number of hydrogen-bond donors (Lipinski definition) is 1. The highest BCUT2D eigenvalue weighted by Gasteiger charge is 2.49. The number of carbonyl (C=O) groups is 1. The maximum Gasteiger partial charge on any atom is 0.220 e. The number of nitrogens with one attached hydrogen (secondary N) is 1. The Morgan fingerprint density at radius 2 is 1.97 bits per heavy atom. The third-order valence-electron chi connectivity index (χ3n) is 7.48. The molecule has 3 aliphatic heterocycles. The molecule has 4 heterocycles. The van der Waals surface area contributed by atoms with Gasteiger partial charge in [0, 0.05) is 68.2 Å². The molecule has 0 bridgehead atoms. The van der Waals surface area contributed by atoms with Crippen LogP contribution >= 0.6 is 0 Å². The van der Waals surface area contributed by atoms with Crippen LogP contribution in [0, 0.1) is 5.82 Å². The van der Waals surface area contributed by atoms with Gasteiger partial charge in [0.15, 0.2) is 0 Å². The van der Waals surface area contributed by atoms with Crippen LogP contribution in [0.2, 0.25) is 0 Å². The summed E-state index contributed by atoms with van der Waals surface area (Å²) in [7, 11) is 0. The molecule has 1 aromatic carbocycles. The van der Waals surface area contributed by atoms with Crippen LogP contribution in [-0.4, -0.2) is 47.5 Å². The van der Waals surface area contributed by atoms with E-state index in [4.69, 9.17) is 0 Å². The Bertz CT molecular complexity index is 946. The lowest BCUT2D eigenvalue weighted by molar-refractivity contribution is -0.122. The van der Waals surface area contributed by atoms with Crippen molar-refractivity contribution in [2.24, 2.45) is 0 Å². The molecule has 0 saturated carbocycles. The van der Waals surface area contributed by atoms with Gasteiger partial charge in [-0.2, -0.15) is 0 Å². The number of pyridine rings is 1. The van der Waals surface area contributed by atoms with Crippen LogP contribution in [0.1, 0.15) is 62.1 Å². The molecule has 0 radical (unpaired) electrons. The summed E-state index contributed by atoms with van der Waals surface area (Å²) < 4.78 is 15.1. The fourth-order valence-corrected chi connectivity index (χ4v) is 5.85. The highest BCUT2D eigenvalue weighted by molar-refractivity contribution is 5.77. The van der Waals surface area contributed by atoms with Gasteiger partial charge < -0.3 is 10.2 Å². The van der Waals surface area contributed by atoms with E-state index in [1.807, 2.05) is 24.4 Å². The molecule has 1 spiro atoms. The molecule has 2 atom stereocenters. The van der Waals surface area contributed by atoms with Crippen LogP contribution < -0.4 is 10.2 Å². The number of anilines is 1. The van der Waals surface area contributed by atoms with Gasteiger partial charge in [0.05, 0.1) is 5.54 Å². The molecule has 1 amide bonds. The van der Waals surface area contributed by atoms with Crippen molar-refractivity contribution in [3.63, 3.8) is 0 Å². The monoisotopic (exact) mass is 436 g/mol.